The quantitative estimate of drug-likeness (QED) is 0.723. The van der Waals surface area contributed by atoms with Crippen LogP contribution in [0.15, 0.2) is 24.3 Å². The van der Waals surface area contributed by atoms with E-state index in [-0.39, 0.29) is 18.0 Å². The number of nitriles is 1. The maximum absolute atomic E-state index is 11.3. The topological polar surface area (TPSA) is 69.5 Å². The second kappa shape index (κ2) is 3.30. The normalized spacial score (nSPS) is 9.93. The molecule has 2 rings (SSSR count). The summed E-state index contributed by atoms with van der Waals surface area (Å²) in [5.74, 6) is -0.0172. The fraction of sp³-hybridized carbons (Fsp3) is 0.100. The van der Waals surface area contributed by atoms with Crippen LogP contribution in [0.5, 0.6) is 0 Å². The van der Waals surface area contributed by atoms with Crippen LogP contribution >= 0.6 is 0 Å². The molecule has 0 spiro atoms. The van der Waals surface area contributed by atoms with E-state index in [0.717, 1.165) is 11.0 Å². The van der Waals surface area contributed by atoms with Gasteiger partial charge in [-0.1, -0.05) is 12.1 Å². The number of ketones is 1. The Bertz CT molecular complexity index is 488. The SMILES string of the molecule is N#CCC(=O)c1nc2ccccc2[nH]1. The second-order valence-corrected chi connectivity index (χ2v) is 2.86. The molecule has 0 saturated heterocycles. The number of aromatic nitrogens is 2. The molecule has 0 aliphatic carbocycles. The van der Waals surface area contributed by atoms with Gasteiger partial charge >= 0.3 is 0 Å². The van der Waals surface area contributed by atoms with Gasteiger partial charge in [0.1, 0.15) is 6.42 Å². The smallest absolute Gasteiger partial charge is 0.212 e. The van der Waals surface area contributed by atoms with Crippen molar-refractivity contribution in [3.05, 3.63) is 30.1 Å². The van der Waals surface area contributed by atoms with Crippen LogP contribution in [0, 0.1) is 11.3 Å². The second-order valence-electron chi connectivity index (χ2n) is 2.86. The summed E-state index contributed by atoms with van der Waals surface area (Å²) in [6.45, 7) is 0. The van der Waals surface area contributed by atoms with Crippen molar-refractivity contribution in [2.24, 2.45) is 0 Å². The van der Waals surface area contributed by atoms with Crippen LogP contribution in [0.25, 0.3) is 11.0 Å². The van der Waals surface area contributed by atoms with Crippen LogP contribution in [0.4, 0.5) is 0 Å². The highest BCUT2D eigenvalue weighted by Gasteiger charge is 2.09. The van der Waals surface area contributed by atoms with Gasteiger partial charge in [-0.25, -0.2) is 4.98 Å². The number of hydrogen-bond acceptors (Lipinski definition) is 3. The lowest BCUT2D eigenvalue weighted by Gasteiger charge is -1.85. The van der Waals surface area contributed by atoms with E-state index in [1.807, 2.05) is 24.3 Å². The maximum Gasteiger partial charge on any atom is 0.212 e. The zero-order chi connectivity index (χ0) is 9.97. The number of Topliss-reactive ketones (excluding diaryl/α,β-unsaturated/α-hetero) is 1. The summed E-state index contributed by atoms with van der Waals surface area (Å²) in [7, 11) is 0. The zero-order valence-electron chi connectivity index (χ0n) is 7.32. The number of H-pyrrole nitrogens is 1. The highest BCUT2D eigenvalue weighted by Crippen LogP contribution is 2.10. The van der Waals surface area contributed by atoms with Gasteiger partial charge in [0.15, 0.2) is 5.82 Å². The van der Waals surface area contributed by atoms with E-state index in [1.54, 1.807) is 6.07 Å². The molecule has 0 fully saturated rings. The minimum Gasteiger partial charge on any atom is -0.335 e. The van der Waals surface area contributed by atoms with Gasteiger partial charge < -0.3 is 4.98 Å². The highest BCUT2D eigenvalue weighted by atomic mass is 16.1. The largest absolute Gasteiger partial charge is 0.335 e. The molecule has 0 amide bonds. The Balaban J connectivity index is 2.46. The molecule has 0 aliphatic heterocycles. The fourth-order valence-corrected chi connectivity index (χ4v) is 1.24. The predicted molar refractivity (Wildman–Crippen MR) is 50.7 cm³/mol. The van der Waals surface area contributed by atoms with Gasteiger partial charge in [-0.2, -0.15) is 5.26 Å². The van der Waals surface area contributed by atoms with Gasteiger partial charge in [-0.3, -0.25) is 4.79 Å². The minimum absolute atomic E-state index is 0.139. The number of imidazole rings is 1. The molecule has 0 bridgehead atoms. The standard InChI is InChI=1S/C10H7N3O/c11-6-5-9(14)10-12-7-3-1-2-4-8(7)13-10/h1-4H,5H2,(H,12,13). The molecule has 0 radical (unpaired) electrons. The number of carbonyl (C=O) groups excluding carboxylic acids is 1. The van der Waals surface area contributed by atoms with Gasteiger partial charge in [-0.05, 0) is 12.1 Å². The third-order valence-electron chi connectivity index (χ3n) is 1.89. The van der Waals surface area contributed by atoms with Crippen molar-refractivity contribution in [1.29, 1.82) is 5.26 Å². The van der Waals surface area contributed by atoms with Crippen molar-refractivity contribution < 1.29 is 4.79 Å². The molecular weight excluding hydrogens is 178 g/mol. The van der Waals surface area contributed by atoms with E-state index in [4.69, 9.17) is 5.26 Å². The molecule has 4 heteroatoms. The maximum atomic E-state index is 11.3. The molecule has 0 saturated carbocycles. The summed E-state index contributed by atoms with van der Waals surface area (Å²) in [5.41, 5.74) is 1.56. The average molecular weight is 185 g/mol. The third kappa shape index (κ3) is 1.36. The number of nitrogens with one attached hydrogen (secondary N) is 1. The summed E-state index contributed by atoms with van der Waals surface area (Å²) in [6, 6.07) is 9.16. The number of fused-ring (bicyclic) bond motifs is 1. The molecule has 1 N–H and O–H groups in total. The molecule has 1 aromatic heterocycles. The molecular formula is C10H7N3O. The number of para-hydroxylation sites is 2. The van der Waals surface area contributed by atoms with Crippen LogP contribution in [-0.2, 0) is 0 Å². The lowest BCUT2D eigenvalue weighted by molar-refractivity contribution is 0.0989. The fourth-order valence-electron chi connectivity index (χ4n) is 1.24. The number of nitrogens with zero attached hydrogens (tertiary/aromatic N) is 2. The molecule has 0 aliphatic rings. The first-order chi connectivity index (χ1) is 6.81. The van der Waals surface area contributed by atoms with Gasteiger partial charge in [0, 0.05) is 0 Å². The van der Waals surface area contributed by atoms with Gasteiger partial charge in [0.25, 0.3) is 0 Å². The average Bonchev–Trinajstić information content (AvgIpc) is 2.61. The van der Waals surface area contributed by atoms with Crippen molar-refractivity contribution in [3.8, 4) is 6.07 Å². The molecule has 1 heterocycles. The highest BCUT2D eigenvalue weighted by molar-refractivity contribution is 5.96. The first-order valence-corrected chi connectivity index (χ1v) is 4.16. The van der Waals surface area contributed by atoms with Crippen molar-refractivity contribution in [2.75, 3.05) is 0 Å². The monoisotopic (exact) mass is 185 g/mol. The molecule has 0 atom stereocenters. The van der Waals surface area contributed by atoms with Crippen LogP contribution < -0.4 is 0 Å². The van der Waals surface area contributed by atoms with Crippen molar-refractivity contribution >= 4 is 16.8 Å². The van der Waals surface area contributed by atoms with E-state index in [2.05, 4.69) is 9.97 Å². The number of hydrogen-bond donors (Lipinski definition) is 1. The summed E-state index contributed by atoms with van der Waals surface area (Å²) < 4.78 is 0. The summed E-state index contributed by atoms with van der Waals surface area (Å²) in [4.78, 5) is 18.2. The van der Waals surface area contributed by atoms with Crippen molar-refractivity contribution in [1.82, 2.24) is 9.97 Å². The summed E-state index contributed by atoms with van der Waals surface area (Å²) in [6.07, 6.45) is -0.139. The third-order valence-corrected chi connectivity index (χ3v) is 1.89. The first-order valence-electron chi connectivity index (χ1n) is 4.16. The summed E-state index contributed by atoms with van der Waals surface area (Å²) in [5, 5.41) is 8.36. The molecule has 68 valence electrons. The molecule has 1 aromatic carbocycles. The van der Waals surface area contributed by atoms with Crippen molar-refractivity contribution in [3.63, 3.8) is 0 Å². The van der Waals surface area contributed by atoms with E-state index in [9.17, 15) is 4.79 Å². The first kappa shape index (κ1) is 8.45. The van der Waals surface area contributed by atoms with Crippen LogP contribution in [0.3, 0.4) is 0 Å². The van der Waals surface area contributed by atoms with E-state index in [1.165, 1.54) is 0 Å². The number of carbonyl (C=O) groups is 1. The minimum atomic E-state index is -0.274. The molecule has 4 nitrogen and oxygen atoms in total. The molecule has 2 aromatic rings. The van der Waals surface area contributed by atoms with E-state index >= 15 is 0 Å². The van der Waals surface area contributed by atoms with Crippen LogP contribution in [0.2, 0.25) is 0 Å². The predicted octanol–water partition coefficient (Wildman–Crippen LogP) is 1.66. The van der Waals surface area contributed by atoms with Crippen molar-refractivity contribution in [2.45, 2.75) is 6.42 Å². The Morgan fingerprint density at radius 1 is 1.50 bits per heavy atom. The van der Waals surface area contributed by atoms with Gasteiger partial charge in [0.2, 0.25) is 5.78 Å². The lowest BCUT2D eigenvalue weighted by atomic mass is 10.3. The van der Waals surface area contributed by atoms with Crippen LogP contribution in [0.1, 0.15) is 17.0 Å². The Labute approximate surface area is 80.2 Å². The Hall–Kier alpha value is -2.15. The van der Waals surface area contributed by atoms with Gasteiger partial charge in [0.05, 0.1) is 17.1 Å². The molecule has 0 unspecified atom stereocenters. The van der Waals surface area contributed by atoms with E-state index in [0.29, 0.717) is 0 Å². The summed E-state index contributed by atoms with van der Waals surface area (Å²) >= 11 is 0. The molecule has 14 heavy (non-hydrogen) atoms. The van der Waals surface area contributed by atoms with E-state index < -0.39 is 0 Å². The zero-order valence-corrected chi connectivity index (χ0v) is 7.32. The van der Waals surface area contributed by atoms with Crippen LogP contribution in [-0.4, -0.2) is 15.8 Å². The lowest BCUT2D eigenvalue weighted by Crippen LogP contribution is -1.99. The Morgan fingerprint density at radius 2 is 2.29 bits per heavy atom. The number of benzene rings is 1. The Kier molecular flexibility index (Phi) is 1.99. The Morgan fingerprint density at radius 3 is 3.00 bits per heavy atom. The number of rotatable bonds is 2. The number of aromatic amines is 1. The van der Waals surface area contributed by atoms with Gasteiger partial charge in [-0.15, -0.1) is 0 Å².